The van der Waals surface area contributed by atoms with E-state index in [0.29, 0.717) is 35.6 Å². The standard InChI is InChI=1S/C21H22FN3O2S/c1-3-25-20(27)17-6-4-5-7-18(17)24-21(25)28-14(2)19(26)23-13-12-15-8-10-16(22)11-9-15/h4-11,14H,3,12-13H2,1-2H3,(H,23,26)/t14-/m1/s1. The number of carbonyl (C=O) groups excluding carboxylic acids is 1. The van der Waals surface area contributed by atoms with E-state index in [1.165, 1.54) is 23.9 Å². The number of rotatable bonds is 7. The number of halogens is 1. The van der Waals surface area contributed by atoms with Crippen molar-refractivity contribution in [3.63, 3.8) is 0 Å². The third-order valence-corrected chi connectivity index (χ3v) is 5.51. The Morgan fingerprint density at radius 3 is 2.64 bits per heavy atom. The molecule has 1 heterocycles. The summed E-state index contributed by atoms with van der Waals surface area (Å²) in [4.78, 5) is 29.7. The number of thioether (sulfide) groups is 1. The number of amides is 1. The predicted octanol–water partition coefficient (Wildman–Crippen LogP) is 3.40. The Balaban J connectivity index is 1.66. The summed E-state index contributed by atoms with van der Waals surface area (Å²) in [6.45, 7) is 4.62. The maximum absolute atomic E-state index is 12.9. The van der Waals surface area contributed by atoms with Gasteiger partial charge in [-0.05, 0) is 50.1 Å². The number of hydrogen-bond acceptors (Lipinski definition) is 4. The van der Waals surface area contributed by atoms with Crippen molar-refractivity contribution >= 4 is 28.6 Å². The fourth-order valence-corrected chi connectivity index (χ4v) is 3.85. The van der Waals surface area contributed by atoms with Crippen molar-refractivity contribution < 1.29 is 9.18 Å². The first kappa shape index (κ1) is 20.1. The molecule has 0 aliphatic rings. The van der Waals surface area contributed by atoms with Gasteiger partial charge in [0.2, 0.25) is 5.91 Å². The zero-order valence-electron chi connectivity index (χ0n) is 15.8. The summed E-state index contributed by atoms with van der Waals surface area (Å²) in [5, 5.41) is 3.59. The van der Waals surface area contributed by atoms with Crippen LogP contribution in [0, 0.1) is 5.82 Å². The molecule has 28 heavy (non-hydrogen) atoms. The molecule has 0 bridgehead atoms. The van der Waals surface area contributed by atoms with Crippen molar-refractivity contribution in [3.05, 3.63) is 70.3 Å². The van der Waals surface area contributed by atoms with Gasteiger partial charge >= 0.3 is 0 Å². The molecule has 0 fully saturated rings. The van der Waals surface area contributed by atoms with E-state index in [2.05, 4.69) is 10.3 Å². The fraction of sp³-hybridized carbons (Fsp3) is 0.286. The first-order chi connectivity index (χ1) is 13.5. The van der Waals surface area contributed by atoms with Crippen LogP contribution in [0.3, 0.4) is 0 Å². The first-order valence-electron chi connectivity index (χ1n) is 9.18. The van der Waals surface area contributed by atoms with Crippen molar-refractivity contribution in [2.75, 3.05) is 6.54 Å². The molecule has 0 aliphatic carbocycles. The van der Waals surface area contributed by atoms with E-state index in [1.807, 2.05) is 19.1 Å². The summed E-state index contributed by atoms with van der Waals surface area (Å²) in [5.41, 5.74) is 1.49. The lowest BCUT2D eigenvalue weighted by Crippen LogP contribution is -2.33. The quantitative estimate of drug-likeness (QED) is 0.489. The van der Waals surface area contributed by atoms with Gasteiger partial charge in [-0.25, -0.2) is 9.37 Å². The molecule has 0 radical (unpaired) electrons. The molecule has 0 spiro atoms. The second-order valence-electron chi connectivity index (χ2n) is 6.39. The minimum absolute atomic E-state index is 0.0977. The number of nitrogens with one attached hydrogen (secondary N) is 1. The van der Waals surface area contributed by atoms with Gasteiger partial charge in [0, 0.05) is 13.1 Å². The maximum atomic E-state index is 12.9. The van der Waals surface area contributed by atoms with E-state index in [1.54, 1.807) is 35.8 Å². The third-order valence-electron chi connectivity index (χ3n) is 4.42. The summed E-state index contributed by atoms with van der Waals surface area (Å²) >= 11 is 1.27. The Kier molecular flexibility index (Phi) is 6.46. The van der Waals surface area contributed by atoms with Gasteiger partial charge in [0.05, 0.1) is 16.2 Å². The van der Waals surface area contributed by atoms with E-state index in [9.17, 15) is 14.0 Å². The van der Waals surface area contributed by atoms with Crippen molar-refractivity contribution in [2.24, 2.45) is 0 Å². The van der Waals surface area contributed by atoms with Crippen molar-refractivity contribution in [2.45, 2.75) is 37.2 Å². The average Bonchev–Trinajstić information content (AvgIpc) is 2.69. The van der Waals surface area contributed by atoms with E-state index >= 15 is 0 Å². The zero-order chi connectivity index (χ0) is 20.1. The third kappa shape index (κ3) is 4.59. The monoisotopic (exact) mass is 399 g/mol. The maximum Gasteiger partial charge on any atom is 0.262 e. The number of carbonyl (C=O) groups is 1. The van der Waals surface area contributed by atoms with Gasteiger partial charge < -0.3 is 5.32 Å². The number of nitrogens with zero attached hydrogens (tertiary/aromatic N) is 2. The van der Waals surface area contributed by atoms with Crippen LogP contribution < -0.4 is 10.9 Å². The molecule has 146 valence electrons. The Bertz CT molecular complexity index is 1030. The van der Waals surface area contributed by atoms with Crippen molar-refractivity contribution in [1.82, 2.24) is 14.9 Å². The van der Waals surface area contributed by atoms with Crippen LogP contribution in [0.2, 0.25) is 0 Å². The van der Waals surface area contributed by atoms with Gasteiger partial charge in [0.25, 0.3) is 5.56 Å². The topological polar surface area (TPSA) is 64.0 Å². The van der Waals surface area contributed by atoms with Gasteiger partial charge in [0.1, 0.15) is 5.82 Å². The summed E-state index contributed by atoms with van der Waals surface area (Å²) in [6.07, 6.45) is 0.622. The molecule has 3 aromatic rings. The number of hydrogen-bond donors (Lipinski definition) is 1. The molecule has 0 saturated carbocycles. The number of aromatic nitrogens is 2. The Hall–Kier alpha value is -2.67. The van der Waals surface area contributed by atoms with Gasteiger partial charge in [-0.15, -0.1) is 0 Å². The van der Waals surface area contributed by atoms with Crippen molar-refractivity contribution in [1.29, 1.82) is 0 Å². The minimum Gasteiger partial charge on any atom is -0.355 e. The smallest absolute Gasteiger partial charge is 0.262 e. The lowest BCUT2D eigenvalue weighted by molar-refractivity contribution is -0.120. The molecule has 0 saturated heterocycles. The van der Waals surface area contributed by atoms with E-state index in [0.717, 1.165) is 5.56 Å². The number of para-hydroxylation sites is 1. The average molecular weight is 399 g/mol. The molecule has 0 unspecified atom stereocenters. The summed E-state index contributed by atoms with van der Waals surface area (Å²) < 4.78 is 14.5. The molecule has 1 atom stereocenters. The lowest BCUT2D eigenvalue weighted by atomic mass is 10.1. The van der Waals surface area contributed by atoms with E-state index in [-0.39, 0.29) is 17.3 Å². The highest BCUT2D eigenvalue weighted by Gasteiger charge is 2.18. The second-order valence-corrected chi connectivity index (χ2v) is 7.70. The minimum atomic E-state index is -0.404. The molecular formula is C21H22FN3O2S. The van der Waals surface area contributed by atoms with Crippen LogP contribution in [0.15, 0.2) is 58.5 Å². The van der Waals surface area contributed by atoms with Crippen LogP contribution >= 0.6 is 11.8 Å². The van der Waals surface area contributed by atoms with Gasteiger partial charge in [-0.1, -0.05) is 36.0 Å². The Labute approximate surface area is 167 Å². The van der Waals surface area contributed by atoms with Crippen LogP contribution in [-0.2, 0) is 17.8 Å². The van der Waals surface area contributed by atoms with Gasteiger partial charge in [-0.3, -0.25) is 14.2 Å². The van der Waals surface area contributed by atoms with Crippen molar-refractivity contribution in [3.8, 4) is 0 Å². The molecule has 0 aliphatic heterocycles. The predicted molar refractivity (Wildman–Crippen MR) is 110 cm³/mol. The molecule has 1 N–H and O–H groups in total. The van der Waals surface area contributed by atoms with Crippen LogP contribution in [0.1, 0.15) is 19.4 Å². The van der Waals surface area contributed by atoms with Crippen LogP contribution in [0.5, 0.6) is 0 Å². The highest BCUT2D eigenvalue weighted by molar-refractivity contribution is 8.00. The first-order valence-corrected chi connectivity index (χ1v) is 10.1. The fourth-order valence-electron chi connectivity index (χ4n) is 2.85. The molecule has 1 aromatic heterocycles. The second kappa shape index (κ2) is 9.01. The van der Waals surface area contributed by atoms with E-state index < -0.39 is 5.25 Å². The summed E-state index contributed by atoms with van der Waals surface area (Å²) in [5.74, 6) is -0.403. The highest BCUT2D eigenvalue weighted by atomic mass is 32.2. The highest BCUT2D eigenvalue weighted by Crippen LogP contribution is 2.22. The van der Waals surface area contributed by atoms with E-state index in [4.69, 9.17) is 0 Å². The molecule has 3 rings (SSSR count). The number of fused-ring (bicyclic) bond motifs is 1. The van der Waals surface area contributed by atoms with Crippen LogP contribution in [-0.4, -0.2) is 27.3 Å². The van der Waals surface area contributed by atoms with Gasteiger partial charge in [0.15, 0.2) is 5.16 Å². The normalized spacial score (nSPS) is 12.1. The molecular weight excluding hydrogens is 377 g/mol. The molecule has 2 aromatic carbocycles. The Morgan fingerprint density at radius 1 is 1.21 bits per heavy atom. The van der Waals surface area contributed by atoms with Gasteiger partial charge in [-0.2, -0.15) is 0 Å². The summed E-state index contributed by atoms with van der Waals surface area (Å²) in [6, 6.07) is 13.4. The molecule has 1 amide bonds. The Morgan fingerprint density at radius 2 is 1.93 bits per heavy atom. The number of benzene rings is 2. The SMILES string of the molecule is CCn1c(S[C@H](C)C(=O)NCCc2ccc(F)cc2)nc2ccccc2c1=O. The molecule has 5 nitrogen and oxygen atoms in total. The molecule has 7 heteroatoms. The van der Waals surface area contributed by atoms with Crippen LogP contribution in [0.25, 0.3) is 10.9 Å². The zero-order valence-corrected chi connectivity index (χ0v) is 16.6. The lowest BCUT2D eigenvalue weighted by Gasteiger charge is -2.15. The van der Waals surface area contributed by atoms with Crippen LogP contribution in [0.4, 0.5) is 4.39 Å². The summed E-state index contributed by atoms with van der Waals surface area (Å²) in [7, 11) is 0. The largest absolute Gasteiger partial charge is 0.355 e.